The lowest BCUT2D eigenvalue weighted by Crippen LogP contribution is -2.48. The van der Waals surface area contributed by atoms with E-state index in [0.717, 1.165) is 18.5 Å². The number of ether oxygens (including phenoxy) is 2. The molecule has 10 nitrogen and oxygen atoms in total. The molecule has 2 aromatic carbocycles. The number of methoxy groups -OCH3 is 1. The Hall–Kier alpha value is -3.23. The maximum Gasteiger partial charge on any atom is 0.164 e. The molecule has 3 aromatic rings. The van der Waals surface area contributed by atoms with Crippen molar-refractivity contribution < 1.29 is 48.5 Å². The minimum atomic E-state index is -2.16. The highest BCUT2D eigenvalue weighted by atomic mass is 19.1. The SMILES string of the molecule is COc1cc2c(Nc3c(F)cccc3F)ncnc2cc1O[C@H](CO)[C@H](O)[C@@H](O)[C@H](F)CO.O. The number of benzene rings is 2. The standard InChI is InChI=1S/C21H22F3N3O6.H2O/c1-32-15-5-10-14(6-16(15)33-17(8-29)20(31)19(30)13(24)7-28)25-9-26-21(10)27-18-11(22)3-2-4-12(18)23;/h2-6,9,13,17,19-20,28-31H,7-8H2,1H3,(H,25,26,27);1H2/t13-,17-,19+,20+;/m1./s1. The minimum absolute atomic E-state index is 0. The molecule has 0 spiro atoms. The summed E-state index contributed by atoms with van der Waals surface area (Å²) < 4.78 is 52.4. The van der Waals surface area contributed by atoms with Crippen molar-refractivity contribution in [3.05, 3.63) is 48.3 Å². The third-order valence-electron chi connectivity index (χ3n) is 4.86. The fourth-order valence-corrected chi connectivity index (χ4v) is 3.07. The number of hydrogen-bond donors (Lipinski definition) is 5. The first-order chi connectivity index (χ1) is 15.8. The molecule has 0 fully saturated rings. The Morgan fingerprint density at radius 3 is 2.26 bits per heavy atom. The van der Waals surface area contributed by atoms with Crippen LogP contribution in [0.2, 0.25) is 0 Å². The highest BCUT2D eigenvalue weighted by Gasteiger charge is 2.34. The lowest BCUT2D eigenvalue weighted by atomic mass is 10.0. The number of rotatable bonds is 10. The summed E-state index contributed by atoms with van der Waals surface area (Å²) in [5, 5.41) is 41.2. The molecule has 0 amide bonds. The monoisotopic (exact) mass is 487 g/mol. The molecule has 1 aromatic heterocycles. The quantitative estimate of drug-likeness (QED) is 0.275. The van der Waals surface area contributed by atoms with Crippen molar-refractivity contribution in [2.24, 2.45) is 0 Å². The molecule has 0 unspecified atom stereocenters. The zero-order valence-electron chi connectivity index (χ0n) is 17.8. The van der Waals surface area contributed by atoms with E-state index in [-0.39, 0.29) is 28.3 Å². The van der Waals surface area contributed by atoms with Crippen LogP contribution in [0.5, 0.6) is 11.5 Å². The molecule has 0 radical (unpaired) electrons. The Morgan fingerprint density at radius 1 is 1.00 bits per heavy atom. The van der Waals surface area contributed by atoms with Crippen LogP contribution in [-0.2, 0) is 0 Å². The Balaban J connectivity index is 0.00000408. The van der Waals surface area contributed by atoms with Gasteiger partial charge in [0.15, 0.2) is 23.8 Å². The van der Waals surface area contributed by atoms with Crippen molar-refractivity contribution in [1.82, 2.24) is 9.97 Å². The van der Waals surface area contributed by atoms with Gasteiger partial charge in [-0.3, -0.25) is 0 Å². The second kappa shape index (κ2) is 11.8. The summed E-state index contributed by atoms with van der Waals surface area (Å²) in [6.45, 7) is -1.84. The molecule has 0 aliphatic heterocycles. The lowest BCUT2D eigenvalue weighted by Gasteiger charge is -2.28. The number of hydrogen-bond acceptors (Lipinski definition) is 9. The number of nitrogens with zero attached hydrogens (tertiary/aromatic N) is 2. The van der Waals surface area contributed by atoms with Gasteiger partial charge in [0.2, 0.25) is 0 Å². The minimum Gasteiger partial charge on any atom is -0.493 e. The van der Waals surface area contributed by atoms with Gasteiger partial charge in [-0.1, -0.05) is 6.07 Å². The summed E-state index contributed by atoms with van der Waals surface area (Å²) in [7, 11) is 1.30. The van der Waals surface area contributed by atoms with E-state index in [9.17, 15) is 28.5 Å². The summed E-state index contributed by atoms with van der Waals surface area (Å²) in [5.74, 6) is -1.57. The van der Waals surface area contributed by atoms with Crippen LogP contribution in [0, 0.1) is 11.6 Å². The smallest absolute Gasteiger partial charge is 0.164 e. The van der Waals surface area contributed by atoms with Gasteiger partial charge in [0.25, 0.3) is 0 Å². The summed E-state index contributed by atoms with van der Waals surface area (Å²) in [5.41, 5.74) is -0.176. The van der Waals surface area contributed by atoms with Crippen molar-refractivity contribution in [3.8, 4) is 11.5 Å². The van der Waals surface area contributed by atoms with Crippen LogP contribution in [0.4, 0.5) is 24.7 Å². The molecule has 186 valence electrons. The van der Waals surface area contributed by atoms with Gasteiger partial charge in [-0.2, -0.15) is 0 Å². The number of alkyl halides is 1. The molecule has 0 bridgehead atoms. The van der Waals surface area contributed by atoms with Crippen LogP contribution < -0.4 is 14.8 Å². The Kier molecular flexibility index (Phi) is 9.35. The molecule has 7 N–H and O–H groups in total. The van der Waals surface area contributed by atoms with Crippen LogP contribution in [0.15, 0.2) is 36.7 Å². The predicted molar refractivity (Wildman–Crippen MR) is 115 cm³/mol. The molecule has 0 saturated heterocycles. The first kappa shape index (κ1) is 27.0. The molecule has 0 saturated carbocycles. The Morgan fingerprint density at radius 2 is 1.68 bits per heavy atom. The maximum atomic E-state index is 14.1. The highest BCUT2D eigenvalue weighted by Crippen LogP contribution is 2.36. The fraction of sp³-hybridized carbons (Fsp3) is 0.333. The van der Waals surface area contributed by atoms with Gasteiger partial charge in [0, 0.05) is 11.5 Å². The lowest BCUT2D eigenvalue weighted by molar-refractivity contribution is -0.0981. The van der Waals surface area contributed by atoms with Gasteiger partial charge >= 0.3 is 0 Å². The Labute approximate surface area is 191 Å². The summed E-state index contributed by atoms with van der Waals surface area (Å²) in [6.07, 6.45) is -6.41. The number of fused-ring (bicyclic) bond motifs is 1. The highest BCUT2D eigenvalue weighted by molar-refractivity contribution is 5.93. The first-order valence-corrected chi connectivity index (χ1v) is 9.73. The van der Waals surface area contributed by atoms with Crippen LogP contribution in [0.3, 0.4) is 0 Å². The average Bonchev–Trinajstić information content (AvgIpc) is 2.82. The predicted octanol–water partition coefficient (Wildman–Crippen LogP) is 0.627. The van der Waals surface area contributed by atoms with E-state index in [0.29, 0.717) is 5.39 Å². The molecule has 4 atom stereocenters. The summed E-state index contributed by atoms with van der Waals surface area (Å²) in [4.78, 5) is 8.09. The fourth-order valence-electron chi connectivity index (χ4n) is 3.07. The zero-order valence-corrected chi connectivity index (χ0v) is 17.8. The van der Waals surface area contributed by atoms with Crippen molar-refractivity contribution in [2.75, 3.05) is 25.6 Å². The third kappa shape index (κ3) is 5.63. The number of anilines is 2. The number of halogens is 3. The number of para-hydroxylation sites is 1. The molecule has 1 heterocycles. The van der Waals surface area contributed by atoms with Crippen LogP contribution >= 0.6 is 0 Å². The first-order valence-electron chi connectivity index (χ1n) is 9.73. The van der Waals surface area contributed by atoms with E-state index in [1.165, 1.54) is 25.3 Å². The molecule has 0 aliphatic carbocycles. The zero-order chi connectivity index (χ0) is 24.1. The van der Waals surface area contributed by atoms with Crippen molar-refractivity contribution in [2.45, 2.75) is 24.5 Å². The second-order valence-corrected chi connectivity index (χ2v) is 6.98. The van der Waals surface area contributed by atoms with Gasteiger partial charge in [0.1, 0.15) is 41.7 Å². The largest absolute Gasteiger partial charge is 0.493 e. The van der Waals surface area contributed by atoms with E-state index in [2.05, 4.69) is 15.3 Å². The van der Waals surface area contributed by atoms with Crippen LogP contribution in [0.25, 0.3) is 10.9 Å². The van der Waals surface area contributed by atoms with Crippen LogP contribution in [-0.4, -0.2) is 80.7 Å². The van der Waals surface area contributed by atoms with Gasteiger partial charge in [-0.15, -0.1) is 0 Å². The van der Waals surface area contributed by atoms with Crippen molar-refractivity contribution in [1.29, 1.82) is 0 Å². The molecule has 34 heavy (non-hydrogen) atoms. The normalized spacial score (nSPS) is 14.6. The van der Waals surface area contributed by atoms with Gasteiger partial charge in [-0.05, 0) is 18.2 Å². The maximum absolute atomic E-state index is 14.1. The van der Waals surface area contributed by atoms with Gasteiger partial charge in [0.05, 0.1) is 25.8 Å². The number of aliphatic hydroxyl groups excluding tert-OH is 4. The van der Waals surface area contributed by atoms with E-state index >= 15 is 0 Å². The van der Waals surface area contributed by atoms with E-state index in [1.807, 2.05) is 0 Å². The molecular formula is C21H24F3N3O7. The molecular weight excluding hydrogens is 463 g/mol. The summed E-state index contributed by atoms with van der Waals surface area (Å²) in [6, 6.07) is 6.12. The van der Waals surface area contributed by atoms with E-state index in [1.54, 1.807) is 0 Å². The second-order valence-electron chi connectivity index (χ2n) is 6.98. The average molecular weight is 487 g/mol. The number of aromatic nitrogens is 2. The summed E-state index contributed by atoms with van der Waals surface area (Å²) >= 11 is 0. The third-order valence-corrected chi connectivity index (χ3v) is 4.86. The molecule has 3 rings (SSSR count). The van der Waals surface area contributed by atoms with E-state index in [4.69, 9.17) is 14.6 Å². The van der Waals surface area contributed by atoms with Crippen molar-refractivity contribution in [3.63, 3.8) is 0 Å². The number of nitrogens with one attached hydrogen (secondary N) is 1. The van der Waals surface area contributed by atoms with Gasteiger partial charge in [-0.25, -0.2) is 23.1 Å². The van der Waals surface area contributed by atoms with Crippen molar-refractivity contribution >= 4 is 22.4 Å². The Bertz CT molecular complexity index is 1090. The molecule has 0 aliphatic rings. The van der Waals surface area contributed by atoms with E-state index < -0.39 is 55.0 Å². The molecule has 13 heteroatoms. The van der Waals surface area contributed by atoms with Crippen LogP contribution in [0.1, 0.15) is 0 Å². The van der Waals surface area contributed by atoms with Gasteiger partial charge < -0.3 is 40.7 Å². The number of aliphatic hydroxyl groups is 4. The topological polar surface area (TPSA) is 169 Å².